The van der Waals surface area contributed by atoms with Crippen molar-refractivity contribution >= 4 is 11.7 Å². The summed E-state index contributed by atoms with van der Waals surface area (Å²) in [6.07, 6.45) is 3.77. The van der Waals surface area contributed by atoms with Crippen molar-refractivity contribution < 1.29 is 67.0 Å². The van der Waals surface area contributed by atoms with Crippen molar-refractivity contribution in [2.75, 3.05) is 66.7 Å². The smallest absolute Gasteiger partial charge is 0.835 e. The maximum absolute atomic E-state index is 13.5. The molecule has 11 heteroatoms. The number of ether oxygens (including phenoxy) is 2. The Hall–Kier alpha value is -1.47. The Kier molecular flexibility index (Phi) is 28.8. The van der Waals surface area contributed by atoms with Crippen LogP contribution in [0.25, 0.3) is 0 Å². The van der Waals surface area contributed by atoms with Crippen molar-refractivity contribution in [3.05, 3.63) is 70.8 Å². The molecular weight excluding hydrogens is 608 g/mol. The van der Waals surface area contributed by atoms with Gasteiger partial charge in [-0.1, -0.05) is 85.4 Å². The number of benzene rings is 2. The van der Waals surface area contributed by atoms with Crippen LogP contribution in [-0.2, 0) is 20.9 Å². The molecule has 0 aliphatic rings. The van der Waals surface area contributed by atoms with Crippen molar-refractivity contribution in [1.82, 2.24) is 14.7 Å². The zero-order chi connectivity index (χ0) is 34.8. The van der Waals surface area contributed by atoms with Crippen LogP contribution < -0.4 is 47.9 Å². The third-order valence-corrected chi connectivity index (χ3v) is 8.05. The van der Waals surface area contributed by atoms with Crippen LogP contribution >= 0.6 is 0 Å². The maximum Gasteiger partial charge on any atom is 1.00 e. The summed E-state index contributed by atoms with van der Waals surface area (Å²) in [5.41, 5.74) is -0.227. The molecule has 9 nitrogen and oxygen atoms in total. The Morgan fingerprint density at radius 3 is 1.37 bits per heavy atom. The van der Waals surface area contributed by atoms with E-state index in [1.807, 2.05) is 34.1 Å². The van der Waals surface area contributed by atoms with Crippen molar-refractivity contribution in [1.29, 1.82) is 0 Å². The van der Waals surface area contributed by atoms with Crippen LogP contribution in [-0.4, -0.2) is 93.1 Å². The van der Waals surface area contributed by atoms with E-state index in [4.69, 9.17) is 9.47 Å². The molecule has 2 aromatic carbocycles. The molecule has 2 unspecified atom stereocenters. The molecular formula is C38H63Li2N3O6. The van der Waals surface area contributed by atoms with E-state index in [9.17, 15) is 19.8 Å². The van der Waals surface area contributed by atoms with Crippen molar-refractivity contribution in [2.45, 2.75) is 93.0 Å². The van der Waals surface area contributed by atoms with Crippen LogP contribution in [0.2, 0.25) is 0 Å². The molecule has 0 saturated heterocycles. The molecule has 49 heavy (non-hydrogen) atoms. The van der Waals surface area contributed by atoms with Crippen molar-refractivity contribution in [3.8, 4) is 0 Å². The Labute approximate surface area is 322 Å². The fourth-order valence-electron chi connectivity index (χ4n) is 5.39. The van der Waals surface area contributed by atoms with Gasteiger partial charge in [0, 0.05) is 38.4 Å². The second-order valence-electron chi connectivity index (χ2n) is 11.9. The number of hydrogen-bond donors (Lipinski definition) is 0. The maximum atomic E-state index is 13.5. The first-order valence-electron chi connectivity index (χ1n) is 16.7. The number of carbonyl (C=O) groups is 2. The monoisotopic (exact) mass is 672 g/mol. The fraction of sp³-hybridized carbons (Fsp3) is 0.632. The summed E-state index contributed by atoms with van der Waals surface area (Å²) < 4.78 is 10.0. The van der Waals surface area contributed by atoms with E-state index in [0.29, 0.717) is 48.6 Å². The van der Waals surface area contributed by atoms with Gasteiger partial charge in [0.1, 0.15) is 0 Å². The van der Waals surface area contributed by atoms with Gasteiger partial charge in [-0.15, -0.1) is 0 Å². The molecule has 0 saturated carbocycles. The quantitative estimate of drug-likeness (QED) is 0.103. The summed E-state index contributed by atoms with van der Waals surface area (Å²) in [6, 6.07) is 14.2. The molecule has 2 rings (SSSR count). The van der Waals surface area contributed by atoms with Crippen LogP contribution in [0.15, 0.2) is 48.5 Å². The predicted molar refractivity (Wildman–Crippen MR) is 188 cm³/mol. The molecule has 0 aromatic heterocycles. The summed E-state index contributed by atoms with van der Waals surface area (Å²) in [4.78, 5) is 29.4. The third-order valence-electron chi connectivity index (χ3n) is 8.05. The molecule has 0 spiro atoms. The van der Waals surface area contributed by atoms with Gasteiger partial charge in [-0.3, -0.25) is 9.59 Å². The molecule has 0 heterocycles. The van der Waals surface area contributed by atoms with Crippen LogP contribution in [0.4, 0.5) is 0 Å². The standard InChI is InChI=1S/C22H38N2O2.C15H21NO4.CH4.2Li/c1-7-14-23(15-8-2)21(5,25)19-12-11-13-20(18-19)22(6,26)24(16-9-3)17-10-4;1-12(17)13-5-4-6-14(11-13)15(18)16(7-9-19-2)8-10-20-3;;;/h11-13,18H,7-10,14-17H2,1-6H3;4-6,11H,7-10H2,1-3H3;1H4;;/q-2;;;2*+1. The minimum Gasteiger partial charge on any atom is -0.835 e. The summed E-state index contributed by atoms with van der Waals surface area (Å²) in [6.45, 7) is 18.3. The number of carbonyl (C=O) groups excluding carboxylic acids is 2. The fourth-order valence-corrected chi connectivity index (χ4v) is 5.39. The van der Waals surface area contributed by atoms with Crippen molar-refractivity contribution in [2.24, 2.45) is 0 Å². The minimum atomic E-state index is -1.32. The topological polar surface area (TPSA) is 108 Å². The Morgan fingerprint density at radius 2 is 1.02 bits per heavy atom. The van der Waals surface area contributed by atoms with E-state index in [1.165, 1.54) is 6.92 Å². The van der Waals surface area contributed by atoms with E-state index < -0.39 is 11.4 Å². The Morgan fingerprint density at radius 1 is 0.653 bits per heavy atom. The van der Waals surface area contributed by atoms with Gasteiger partial charge in [-0.05, 0) is 93.5 Å². The molecule has 2 atom stereocenters. The minimum absolute atomic E-state index is 0. The molecule has 0 aliphatic carbocycles. The normalized spacial score (nSPS) is 13.1. The molecule has 0 aliphatic heterocycles. The van der Waals surface area contributed by atoms with Gasteiger partial charge in [0.25, 0.3) is 5.91 Å². The van der Waals surface area contributed by atoms with Gasteiger partial charge in [0.05, 0.1) is 13.2 Å². The number of amides is 1. The van der Waals surface area contributed by atoms with Gasteiger partial charge in [-0.25, -0.2) is 0 Å². The first kappa shape index (κ1) is 51.9. The van der Waals surface area contributed by atoms with Crippen LogP contribution in [0, 0.1) is 0 Å². The number of methoxy groups -OCH3 is 2. The van der Waals surface area contributed by atoms with Gasteiger partial charge in [0.2, 0.25) is 0 Å². The summed E-state index contributed by atoms with van der Waals surface area (Å²) in [5.74, 6) is -0.179. The van der Waals surface area contributed by atoms with Crippen LogP contribution in [0.1, 0.15) is 113 Å². The van der Waals surface area contributed by atoms with Gasteiger partial charge in [0.15, 0.2) is 5.78 Å². The molecule has 1 amide bonds. The molecule has 0 N–H and O–H groups in total. The summed E-state index contributed by atoms with van der Waals surface area (Å²) in [5, 5.41) is 27.0. The van der Waals surface area contributed by atoms with Gasteiger partial charge >= 0.3 is 37.7 Å². The number of hydrogen-bond acceptors (Lipinski definition) is 8. The molecule has 0 bridgehead atoms. The summed E-state index contributed by atoms with van der Waals surface area (Å²) >= 11 is 0. The van der Waals surface area contributed by atoms with E-state index in [2.05, 4.69) is 27.7 Å². The van der Waals surface area contributed by atoms with E-state index >= 15 is 0 Å². The van der Waals surface area contributed by atoms with Gasteiger partial charge < -0.3 is 34.4 Å². The number of ketones is 1. The third kappa shape index (κ3) is 16.6. The average molecular weight is 672 g/mol. The number of Topliss-reactive ketones (excluding diaryl/α,β-unsaturated/α-hetero) is 1. The second kappa shape index (κ2) is 27.2. The predicted octanol–water partition coefficient (Wildman–Crippen LogP) is -0.735. The molecule has 2 aromatic rings. The summed E-state index contributed by atoms with van der Waals surface area (Å²) in [7, 11) is 3.19. The Bertz CT molecular complexity index is 1120. The molecule has 0 fully saturated rings. The average Bonchev–Trinajstić information content (AvgIpc) is 3.04. The first-order valence-corrected chi connectivity index (χ1v) is 16.7. The first-order chi connectivity index (χ1) is 21.8. The van der Waals surface area contributed by atoms with Crippen LogP contribution in [0.3, 0.4) is 0 Å². The largest absolute Gasteiger partial charge is 1.00 e. The molecule has 268 valence electrons. The number of rotatable bonds is 20. The van der Waals surface area contributed by atoms with Crippen LogP contribution in [0.5, 0.6) is 0 Å². The Balaban J connectivity index is -0.000000837. The van der Waals surface area contributed by atoms with Crippen molar-refractivity contribution in [3.63, 3.8) is 0 Å². The zero-order valence-electron chi connectivity index (χ0n) is 31.9. The zero-order valence-corrected chi connectivity index (χ0v) is 31.9. The second-order valence-corrected chi connectivity index (χ2v) is 11.9. The van der Waals surface area contributed by atoms with E-state index in [1.54, 1.807) is 57.2 Å². The van der Waals surface area contributed by atoms with Gasteiger partial charge in [-0.2, -0.15) is 0 Å². The number of nitrogens with zero attached hydrogens (tertiary/aromatic N) is 3. The SMILES string of the molecule is C.CCCN(CCC)C(C)([O-])c1cccc(C(C)([O-])N(CCC)CCC)c1.COCCN(CCOC)C(=O)c1cccc(C(C)=O)c1.[Li+].[Li+]. The molecule has 0 radical (unpaired) electrons. The van der Waals surface area contributed by atoms with E-state index in [-0.39, 0.29) is 56.8 Å². The van der Waals surface area contributed by atoms with E-state index in [0.717, 1.165) is 51.9 Å².